The maximum Gasteiger partial charge on any atom is 0.289 e. The van der Waals surface area contributed by atoms with Crippen LogP contribution in [0.5, 0.6) is 0 Å². The first-order valence-electron chi connectivity index (χ1n) is 7.13. The van der Waals surface area contributed by atoms with E-state index in [1.54, 1.807) is 24.3 Å². The molecule has 0 saturated carbocycles. The Morgan fingerprint density at radius 1 is 1.16 bits per heavy atom. The van der Waals surface area contributed by atoms with Crippen LogP contribution >= 0.6 is 39.1 Å². The molecule has 0 atom stereocenters. The maximum atomic E-state index is 12.1. The minimum absolute atomic E-state index is 0.303. The molecular weight excluding hydrogens is 427 g/mol. The molecule has 0 fully saturated rings. The highest BCUT2D eigenvalue weighted by Crippen LogP contribution is 2.21. The molecule has 1 aromatic heterocycles. The summed E-state index contributed by atoms with van der Waals surface area (Å²) in [7, 11) is 0. The molecule has 0 bridgehead atoms. The van der Waals surface area contributed by atoms with Gasteiger partial charge in [0.2, 0.25) is 0 Å². The summed E-state index contributed by atoms with van der Waals surface area (Å²) in [6, 6.07) is 14.3. The number of H-pyrrole nitrogens is 1. The molecule has 1 amide bonds. The van der Waals surface area contributed by atoms with Gasteiger partial charge in [0.15, 0.2) is 0 Å². The molecule has 0 unspecified atom stereocenters. The van der Waals surface area contributed by atoms with Crippen molar-refractivity contribution in [3.8, 4) is 11.3 Å². The molecule has 3 aromatic rings. The van der Waals surface area contributed by atoms with Gasteiger partial charge in [-0.25, -0.2) is 5.43 Å². The van der Waals surface area contributed by atoms with E-state index in [0.717, 1.165) is 10.0 Å². The van der Waals surface area contributed by atoms with Gasteiger partial charge < -0.3 is 0 Å². The van der Waals surface area contributed by atoms with Crippen LogP contribution in [0.3, 0.4) is 0 Å². The van der Waals surface area contributed by atoms with Gasteiger partial charge in [-0.1, -0.05) is 57.3 Å². The summed E-state index contributed by atoms with van der Waals surface area (Å²) in [5.41, 5.74) is 4.94. The number of nitrogens with one attached hydrogen (secondary N) is 2. The molecule has 2 aromatic carbocycles. The Balaban J connectivity index is 1.67. The lowest BCUT2D eigenvalue weighted by atomic mass is 10.1. The van der Waals surface area contributed by atoms with Crippen LogP contribution in [0.2, 0.25) is 10.0 Å². The molecule has 0 radical (unpaired) electrons. The monoisotopic (exact) mass is 436 g/mol. The van der Waals surface area contributed by atoms with Gasteiger partial charge in [0.05, 0.1) is 16.9 Å². The molecular formula is C17H11BrCl2N4O. The third-order valence-electron chi connectivity index (χ3n) is 3.29. The van der Waals surface area contributed by atoms with Gasteiger partial charge >= 0.3 is 0 Å². The number of hydrogen-bond acceptors (Lipinski definition) is 3. The number of nitrogens with zero attached hydrogens (tertiary/aromatic N) is 2. The van der Waals surface area contributed by atoms with Crippen LogP contribution in [0.25, 0.3) is 11.3 Å². The Morgan fingerprint density at radius 3 is 2.64 bits per heavy atom. The van der Waals surface area contributed by atoms with Crippen molar-refractivity contribution in [2.24, 2.45) is 5.10 Å². The van der Waals surface area contributed by atoms with E-state index in [1.165, 1.54) is 6.21 Å². The summed E-state index contributed by atoms with van der Waals surface area (Å²) < 4.78 is 0.972. The number of aromatic amines is 1. The average Bonchev–Trinajstić information content (AvgIpc) is 3.07. The van der Waals surface area contributed by atoms with Crippen LogP contribution in [-0.2, 0) is 0 Å². The van der Waals surface area contributed by atoms with Crippen molar-refractivity contribution in [1.29, 1.82) is 0 Å². The standard InChI is InChI=1S/C17H11BrCl2N4O/c18-12-4-1-10(2-5-12)15-8-16(23-22-15)17(25)24-21-9-11-3-6-13(19)7-14(11)20/h1-9H,(H,22,23)(H,24,25). The molecule has 25 heavy (non-hydrogen) atoms. The van der Waals surface area contributed by atoms with Gasteiger partial charge in [0.25, 0.3) is 5.91 Å². The van der Waals surface area contributed by atoms with E-state index in [4.69, 9.17) is 23.2 Å². The minimum Gasteiger partial charge on any atom is -0.272 e. The third-order valence-corrected chi connectivity index (χ3v) is 4.39. The molecule has 8 heteroatoms. The van der Waals surface area contributed by atoms with Gasteiger partial charge in [-0.2, -0.15) is 10.2 Å². The van der Waals surface area contributed by atoms with Gasteiger partial charge in [0.1, 0.15) is 5.69 Å². The van der Waals surface area contributed by atoms with Gasteiger partial charge in [-0.05, 0) is 30.3 Å². The van der Waals surface area contributed by atoms with Crippen LogP contribution in [-0.4, -0.2) is 22.3 Å². The zero-order valence-electron chi connectivity index (χ0n) is 12.6. The summed E-state index contributed by atoms with van der Waals surface area (Å²) in [6.07, 6.45) is 1.45. The van der Waals surface area contributed by atoms with Crippen molar-refractivity contribution >= 4 is 51.3 Å². The third kappa shape index (κ3) is 4.48. The lowest BCUT2D eigenvalue weighted by molar-refractivity contribution is 0.0950. The first-order chi connectivity index (χ1) is 12.0. The Kier molecular flexibility index (Phi) is 5.53. The maximum absolute atomic E-state index is 12.1. The molecule has 5 nitrogen and oxygen atoms in total. The molecule has 0 spiro atoms. The number of amides is 1. The minimum atomic E-state index is -0.405. The average molecular weight is 438 g/mol. The second kappa shape index (κ2) is 7.82. The fourth-order valence-corrected chi connectivity index (χ4v) is 2.76. The fourth-order valence-electron chi connectivity index (χ4n) is 2.03. The van der Waals surface area contributed by atoms with Crippen LogP contribution in [0.1, 0.15) is 16.1 Å². The van der Waals surface area contributed by atoms with E-state index < -0.39 is 5.91 Å². The largest absolute Gasteiger partial charge is 0.289 e. The van der Waals surface area contributed by atoms with Crippen molar-refractivity contribution in [1.82, 2.24) is 15.6 Å². The highest BCUT2D eigenvalue weighted by Gasteiger charge is 2.10. The van der Waals surface area contributed by atoms with Crippen LogP contribution in [0, 0.1) is 0 Å². The number of rotatable bonds is 4. The SMILES string of the molecule is O=C(NN=Cc1ccc(Cl)cc1Cl)c1cc(-c2ccc(Br)cc2)n[nH]1. The fraction of sp³-hybridized carbons (Fsp3) is 0. The van der Waals surface area contributed by atoms with Crippen molar-refractivity contribution in [3.05, 3.63) is 74.3 Å². The van der Waals surface area contributed by atoms with Gasteiger partial charge in [-0.15, -0.1) is 0 Å². The van der Waals surface area contributed by atoms with E-state index in [-0.39, 0.29) is 0 Å². The Labute approximate surface area is 162 Å². The number of hydrogen-bond donors (Lipinski definition) is 2. The van der Waals surface area contributed by atoms with E-state index in [1.807, 2.05) is 24.3 Å². The van der Waals surface area contributed by atoms with Gasteiger partial charge in [-0.3, -0.25) is 9.89 Å². The Hall–Kier alpha value is -2.15. The quantitative estimate of drug-likeness (QED) is 0.449. The number of benzene rings is 2. The summed E-state index contributed by atoms with van der Waals surface area (Å²) in [4.78, 5) is 12.1. The van der Waals surface area contributed by atoms with E-state index >= 15 is 0 Å². The highest BCUT2D eigenvalue weighted by atomic mass is 79.9. The summed E-state index contributed by atoms with van der Waals surface area (Å²) in [5.74, 6) is -0.405. The zero-order valence-corrected chi connectivity index (χ0v) is 15.7. The predicted octanol–water partition coefficient (Wildman–Crippen LogP) is 4.91. The summed E-state index contributed by atoms with van der Waals surface area (Å²) >= 11 is 15.2. The molecule has 3 rings (SSSR count). The van der Waals surface area contributed by atoms with Crippen molar-refractivity contribution in [2.45, 2.75) is 0 Å². The number of carbonyl (C=O) groups excluding carboxylic acids is 1. The Bertz CT molecular complexity index is 938. The number of aromatic nitrogens is 2. The molecule has 1 heterocycles. The van der Waals surface area contributed by atoms with E-state index in [2.05, 4.69) is 36.7 Å². The molecule has 0 aliphatic heterocycles. The zero-order chi connectivity index (χ0) is 17.8. The first-order valence-corrected chi connectivity index (χ1v) is 8.67. The smallest absolute Gasteiger partial charge is 0.272 e. The predicted molar refractivity (Wildman–Crippen MR) is 103 cm³/mol. The van der Waals surface area contributed by atoms with Gasteiger partial charge in [0, 0.05) is 20.6 Å². The number of halogens is 3. The normalized spacial score (nSPS) is 11.0. The molecule has 0 saturated heterocycles. The topological polar surface area (TPSA) is 70.1 Å². The highest BCUT2D eigenvalue weighted by molar-refractivity contribution is 9.10. The van der Waals surface area contributed by atoms with E-state index in [9.17, 15) is 4.79 Å². The number of carbonyl (C=O) groups is 1. The Morgan fingerprint density at radius 2 is 1.92 bits per heavy atom. The molecule has 2 N–H and O–H groups in total. The summed E-state index contributed by atoms with van der Waals surface area (Å²) in [5, 5.41) is 11.7. The first kappa shape index (κ1) is 17.7. The van der Waals surface area contributed by atoms with Crippen molar-refractivity contribution in [2.75, 3.05) is 0 Å². The van der Waals surface area contributed by atoms with E-state index in [0.29, 0.717) is 27.0 Å². The summed E-state index contributed by atoms with van der Waals surface area (Å²) in [6.45, 7) is 0. The lowest BCUT2D eigenvalue weighted by Crippen LogP contribution is -2.18. The molecule has 0 aliphatic rings. The van der Waals surface area contributed by atoms with Crippen molar-refractivity contribution in [3.63, 3.8) is 0 Å². The second-order valence-electron chi connectivity index (χ2n) is 5.04. The second-order valence-corrected chi connectivity index (χ2v) is 6.80. The molecule has 0 aliphatic carbocycles. The molecule has 126 valence electrons. The van der Waals surface area contributed by atoms with Crippen LogP contribution in [0.15, 0.2) is 58.1 Å². The van der Waals surface area contributed by atoms with Crippen LogP contribution in [0.4, 0.5) is 0 Å². The van der Waals surface area contributed by atoms with Crippen LogP contribution < -0.4 is 5.43 Å². The number of hydrazone groups is 1. The van der Waals surface area contributed by atoms with Crippen molar-refractivity contribution < 1.29 is 4.79 Å². The lowest BCUT2D eigenvalue weighted by Gasteiger charge is -1.99.